The number of hydrogen-bond acceptors (Lipinski definition) is 4. The van der Waals surface area contributed by atoms with Gasteiger partial charge in [-0.3, -0.25) is 4.79 Å². The van der Waals surface area contributed by atoms with Crippen LogP contribution < -0.4 is 5.32 Å². The van der Waals surface area contributed by atoms with Crippen molar-refractivity contribution in [1.29, 1.82) is 0 Å². The number of rotatable bonds is 5. The molecule has 0 aliphatic carbocycles. The molecule has 1 amide bonds. The molecule has 84 valence electrons. The lowest BCUT2D eigenvalue weighted by Gasteiger charge is -2.07. The molecule has 0 radical (unpaired) electrons. The van der Waals surface area contributed by atoms with Crippen molar-refractivity contribution in [1.82, 2.24) is 10.2 Å². The summed E-state index contributed by atoms with van der Waals surface area (Å²) in [6.45, 7) is 3.85. The van der Waals surface area contributed by atoms with Crippen molar-refractivity contribution in [2.45, 2.75) is 26.7 Å². The van der Waals surface area contributed by atoms with Gasteiger partial charge in [-0.1, -0.05) is 25.2 Å². The van der Waals surface area contributed by atoms with E-state index in [4.69, 9.17) is 11.6 Å². The van der Waals surface area contributed by atoms with E-state index in [1.54, 1.807) is 0 Å². The maximum absolute atomic E-state index is 11.6. The lowest BCUT2D eigenvalue weighted by atomic mass is 10.1. The van der Waals surface area contributed by atoms with Crippen LogP contribution in [-0.2, 0) is 11.2 Å². The fraction of sp³-hybridized carbons (Fsp3) is 0.667. The number of carbonyl (C=O) groups excluding carboxylic acids is 1. The van der Waals surface area contributed by atoms with Crippen molar-refractivity contribution in [2.75, 3.05) is 11.2 Å². The van der Waals surface area contributed by atoms with Crippen molar-refractivity contribution < 1.29 is 4.79 Å². The lowest BCUT2D eigenvalue weighted by molar-refractivity contribution is -0.119. The van der Waals surface area contributed by atoms with Crippen LogP contribution in [0.15, 0.2) is 0 Å². The number of hydrogen-bond donors (Lipinski definition) is 1. The molecule has 1 rings (SSSR count). The minimum atomic E-state index is -0.0866. The Kier molecular flexibility index (Phi) is 4.98. The van der Waals surface area contributed by atoms with Crippen molar-refractivity contribution in [3.8, 4) is 0 Å². The molecule has 0 fully saturated rings. The smallest absolute Gasteiger partial charge is 0.229 e. The highest BCUT2D eigenvalue weighted by molar-refractivity contribution is 7.15. The molecule has 1 unspecified atom stereocenters. The zero-order chi connectivity index (χ0) is 11.3. The van der Waals surface area contributed by atoms with E-state index in [9.17, 15) is 4.79 Å². The number of alkyl halides is 1. The molecule has 0 aromatic carbocycles. The first kappa shape index (κ1) is 12.4. The SMILES string of the molecule is CCc1nnc(NC(=O)C(C)CCCl)s1. The van der Waals surface area contributed by atoms with Crippen LogP contribution in [0.4, 0.5) is 5.13 Å². The minimum absolute atomic E-state index is 0.0468. The number of nitrogens with one attached hydrogen (secondary N) is 1. The molecular formula is C9H14ClN3OS. The van der Waals surface area contributed by atoms with Crippen LogP contribution in [0, 0.1) is 5.92 Å². The summed E-state index contributed by atoms with van der Waals surface area (Å²) in [5.41, 5.74) is 0. The normalized spacial score (nSPS) is 12.5. The zero-order valence-corrected chi connectivity index (χ0v) is 10.4. The molecular weight excluding hydrogens is 234 g/mol. The average molecular weight is 248 g/mol. The van der Waals surface area contributed by atoms with E-state index >= 15 is 0 Å². The van der Waals surface area contributed by atoms with Crippen LogP contribution in [-0.4, -0.2) is 22.0 Å². The maximum atomic E-state index is 11.6. The molecule has 0 saturated carbocycles. The summed E-state index contributed by atoms with van der Waals surface area (Å²) in [7, 11) is 0. The Morgan fingerprint density at radius 2 is 2.33 bits per heavy atom. The van der Waals surface area contributed by atoms with E-state index < -0.39 is 0 Å². The maximum Gasteiger partial charge on any atom is 0.229 e. The molecule has 15 heavy (non-hydrogen) atoms. The Hall–Kier alpha value is -0.680. The van der Waals surface area contributed by atoms with Gasteiger partial charge in [0.05, 0.1) is 0 Å². The van der Waals surface area contributed by atoms with Crippen LogP contribution in [0.3, 0.4) is 0 Å². The first-order valence-corrected chi connectivity index (χ1v) is 6.21. The molecule has 0 spiro atoms. The van der Waals surface area contributed by atoms with E-state index in [-0.39, 0.29) is 11.8 Å². The fourth-order valence-electron chi connectivity index (χ4n) is 0.970. The minimum Gasteiger partial charge on any atom is -0.300 e. The Balaban J connectivity index is 2.50. The van der Waals surface area contributed by atoms with E-state index in [0.717, 1.165) is 11.4 Å². The molecule has 4 nitrogen and oxygen atoms in total. The Bertz CT molecular complexity index is 329. The Morgan fingerprint density at radius 1 is 1.60 bits per heavy atom. The van der Waals surface area contributed by atoms with Crippen LogP contribution in [0.5, 0.6) is 0 Å². The highest BCUT2D eigenvalue weighted by atomic mass is 35.5. The molecule has 0 bridgehead atoms. The summed E-state index contributed by atoms with van der Waals surface area (Å²) in [5, 5.41) is 12.0. The number of halogens is 1. The number of nitrogens with zero attached hydrogens (tertiary/aromatic N) is 2. The number of anilines is 1. The molecule has 0 aliphatic rings. The Morgan fingerprint density at radius 3 is 2.87 bits per heavy atom. The first-order chi connectivity index (χ1) is 7.17. The van der Waals surface area contributed by atoms with Crippen LogP contribution in [0.25, 0.3) is 0 Å². The van der Waals surface area contributed by atoms with Crippen molar-refractivity contribution in [3.05, 3.63) is 5.01 Å². The molecule has 1 aromatic heterocycles. The van der Waals surface area contributed by atoms with Gasteiger partial charge in [0.2, 0.25) is 11.0 Å². The molecule has 1 aromatic rings. The van der Waals surface area contributed by atoms with Gasteiger partial charge in [-0.05, 0) is 12.8 Å². The largest absolute Gasteiger partial charge is 0.300 e. The van der Waals surface area contributed by atoms with Gasteiger partial charge >= 0.3 is 0 Å². The number of amides is 1. The topological polar surface area (TPSA) is 54.9 Å². The van der Waals surface area contributed by atoms with Gasteiger partial charge in [0.1, 0.15) is 5.01 Å². The third-order valence-electron chi connectivity index (χ3n) is 1.99. The standard InChI is InChI=1S/C9H14ClN3OS/c1-3-7-12-13-9(15-7)11-8(14)6(2)4-5-10/h6H,3-5H2,1-2H3,(H,11,13,14). The van der Waals surface area contributed by atoms with E-state index in [1.807, 2.05) is 13.8 Å². The molecule has 1 atom stereocenters. The predicted octanol–water partition coefficient (Wildman–Crippen LogP) is 2.30. The second-order valence-electron chi connectivity index (χ2n) is 3.22. The van der Waals surface area contributed by atoms with Crippen LogP contribution >= 0.6 is 22.9 Å². The average Bonchev–Trinajstić information content (AvgIpc) is 2.66. The summed E-state index contributed by atoms with van der Waals surface area (Å²) in [6, 6.07) is 0. The van der Waals surface area contributed by atoms with Gasteiger partial charge in [0.15, 0.2) is 0 Å². The lowest BCUT2D eigenvalue weighted by Crippen LogP contribution is -2.20. The number of aryl methyl sites for hydroxylation is 1. The van der Waals surface area contributed by atoms with Gasteiger partial charge < -0.3 is 5.32 Å². The number of aromatic nitrogens is 2. The van der Waals surface area contributed by atoms with E-state index in [0.29, 0.717) is 17.4 Å². The fourth-order valence-corrected chi connectivity index (χ4v) is 1.98. The summed E-state index contributed by atoms with van der Waals surface area (Å²) in [5.74, 6) is 0.358. The summed E-state index contributed by atoms with van der Waals surface area (Å²) in [4.78, 5) is 11.6. The third kappa shape index (κ3) is 3.76. The quantitative estimate of drug-likeness (QED) is 0.813. The van der Waals surface area contributed by atoms with Crippen molar-refractivity contribution in [2.24, 2.45) is 5.92 Å². The van der Waals surface area contributed by atoms with Gasteiger partial charge in [-0.2, -0.15) is 0 Å². The van der Waals surface area contributed by atoms with Gasteiger partial charge in [0, 0.05) is 11.8 Å². The van der Waals surface area contributed by atoms with E-state index in [2.05, 4.69) is 15.5 Å². The second kappa shape index (κ2) is 6.02. The van der Waals surface area contributed by atoms with Crippen molar-refractivity contribution >= 4 is 34.0 Å². The van der Waals surface area contributed by atoms with E-state index in [1.165, 1.54) is 11.3 Å². The van der Waals surface area contributed by atoms with Gasteiger partial charge in [-0.15, -0.1) is 21.8 Å². The predicted molar refractivity (Wildman–Crippen MR) is 62.4 cm³/mol. The highest BCUT2D eigenvalue weighted by Crippen LogP contribution is 2.16. The second-order valence-corrected chi connectivity index (χ2v) is 4.66. The summed E-state index contributed by atoms with van der Waals surface area (Å²) in [6.07, 6.45) is 1.51. The van der Waals surface area contributed by atoms with Gasteiger partial charge in [0.25, 0.3) is 0 Å². The number of carbonyl (C=O) groups is 1. The Labute approximate surface area is 98.0 Å². The monoisotopic (exact) mass is 247 g/mol. The third-order valence-corrected chi connectivity index (χ3v) is 3.19. The van der Waals surface area contributed by atoms with Crippen LogP contribution in [0.2, 0.25) is 0 Å². The molecule has 1 heterocycles. The van der Waals surface area contributed by atoms with Gasteiger partial charge in [-0.25, -0.2) is 0 Å². The molecule has 1 N–H and O–H groups in total. The molecule has 0 saturated heterocycles. The first-order valence-electron chi connectivity index (χ1n) is 4.86. The summed E-state index contributed by atoms with van der Waals surface area (Å²) >= 11 is 6.97. The molecule has 0 aliphatic heterocycles. The highest BCUT2D eigenvalue weighted by Gasteiger charge is 2.14. The van der Waals surface area contributed by atoms with Crippen molar-refractivity contribution in [3.63, 3.8) is 0 Å². The summed E-state index contributed by atoms with van der Waals surface area (Å²) < 4.78 is 0. The molecule has 6 heteroatoms. The van der Waals surface area contributed by atoms with Crippen LogP contribution in [0.1, 0.15) is 25.3 Å². The zero-order valence-electron chi connectivity index (χ0n) is 8.79.